The fourth-order valence-corrected chi connectivity index (χ4v) is 5.30. The topological polar surface area (TPSA) is 38.4 Å². The minimum absolute atomic E-state index is 1.00. The second kappa shape index (κ2) is 7.85. The monoisotopic (exact) mass is 395 g/mol. The summed E-state index contributed by atoms with van der Waals surface area (Å²) in [6, 6.07) is 11.1. The van der Waals surface area contributed by atoms with Crippen molar-refractivity contribution < 1.29 is 0 Å². The molecule has 2 aliphatic heterocycles. The van der Waals surface area contributed by atoms with Crippen LogP contribution >= 0.6 is 11.3 Å². The summed E-state index contributed by atoms with van der Waals surface area (Å²) in [5, 5.41) is 0. The molecular formula is C22H29N5S. The van der Waals surface area contributed by atoms with E-state index in [1.54, 1.807) is 0 Å². The third kappa shape index (κ3) is 3.81. The summed E-state index contributed by atoms with van der Waals surface area (Å²) in [6.45, 7) is 8.00. The van der Waals surface area contributed by atoms with E-state index in [-0.39, 0.29) is 0 Å². The number of anilines is 1. The first kappa shape index (κ1) is 18.2. The lowest BCUT2D eigenvalue weighted by Crippen LogP contribution is -2.44. The van der Waals surface area contributed by atoms with Gasteiger partial charge in [0.1, 0.15) is 5.82 Å². The molecule has 1 aromatic carbocycles. The molecule has 3 aromatic rings. The predicted molar refractivity (Wildman–Crippen MR) is 118 cm³/mol. The van der Waals surface area contributed by atoms with Gasteiger partial charge in [0.15, 0.2) is 0 Å². The van der Waals surface area contributed by atoms with E-state index in [2.05, 4.69) is 57.1 Å². The molecule has 0 amide bonds. The Balaban J connectivity index is 1.33. The van der Waals surface area contributed by atoms with Crippen molar-refractivity contribution in [1.29, 1.82) is 0 Å². The average Bonchev–Trinajstić information content (AvgIpc) is 3.35. The average molecular weight is 396 g/mol. The summed E-state index contributed by atoms with van der Waals surface area (Å²) in [5.74, 6) is 1.00. The van der Waals surface area contributed by atoms with E-state index in [4.69, 9.17) is 4.98 Å². The third-order valence-corrected chi connectivity index (χ3v) is 7.13. The first-order valence-electron chi connectivity index (χ1n) is 10.5. The molecular weight excluding hydrogens is 366 g/mol. The van der Waals surface area contributed by atoms with Crippen molar-refractivity contribution >= 4 is 28.1 Å². The van der Waals surface area contributed by atoms with Crippen LogP contribution in [0.25, 0.3) is 21.7 Å². The van der Waals surface area contributed by atoms with E-state index in [1.807, 2.05) is 11.3 Å². The van der Waals surface area contributed by atoms with E-state index >= 15 is 0 Å². The van der Waals surface area contributed by atoms with Crippen LogP contribution in [0.15, 0.2) is 30.3 Å². The Bertz CT molecular complexity index is 931. The molecule has 0 radical (unpaired) electrons. The maximum atomic E-state index is 4.86. The molecule has 0 aliphatic carbocycles. The van der Waals surface area contributed by atoms with Crippen molar-refractivity contribution in [3.63, 3.8) is 0 Å². The van der Waals surface area contributed by atoms with Gasteiger partial charge in [-0.15, -0.1) is 11.3 Å². The number of hydrogen-bond donors (Lipinski definition) is 1. The third-order valence-electron chi connectivity index (χ3n) is 6.06. The molecule has 0 spiro atoms. The van der Waals surface area contributed by atoms with Crippen LogP contribution in [0.5, 0.6) is 0 Å². The first-order chi connectivity index (χ1) is 13.7. The van der Waals surface area contributed by atoms with E-state index in [0.717, 1.165) is 49.6 Å². The van der Waals surface area contributed by atoms with E-state index < -0.39 is 0 Å². The number of benzene rings is 1. The van der Waals surface area contributed by atoms with Crippen molar-refractivity contribution in [3.8, 4) is 10.7 Å². The number of likely N-dealkylation sites (tertiary alicyclic amines) is 1. The van der Waals surface area contributed by atoms with E-state index in [9.17, 15) is 0 Å². The van der Waals surface area contributed by atoms with Gasteiger partial charge in [-0.05, 0) is 63.3 Å². The van der Waals surface area contributed by atoms with Crippen molar-refractivity contribution in [3.05, 3.63) is 35.2 Å². The summed E-state index contributed by atoms with van der Waals surface area (Å²) >= 11 is 1.88. The quantitative estimate of drug-likeness (QED) is 0.724. The number of aromatic amines is 1. The molecule has 2 aliphatic rings. The number of piperazine rings is 1. The summed E-state index contributed by atoms with van der Waals surface area (Å²) in [7, 11) is 2.20. The van der Waals surface area contributed by atoms with Gasteiger partial charge in [-0.3, -0.25) is 4.90 Å². The van der Waals surface area contributed by atoms with Crippen LogP contribution in [0.1, 0.15) is 24.1 Å². The molecule has 2 aromatic heterocycles. The molecule has 28 heavy (non-hydrogen) atoms. The van der Waals surface area contributed by atoms with Crippen LogP contribution in [0.4, 0.5) is 5.69 Å². The molecule has 0 atom stereocenters. The highest BCUT2D eigenvalue weighted by Gasteiger charge is 2.16. The smallest absolute Gasteiger partial charge is 0.148 e. The minimum atomic E-state index is 1.00. The molecule has 5 rings (SSSR count). The fourth-order valence-electron chi connectivity index (χ4n) is 4.30. The Morgan fingerprint density at radius 2 is 1.79 bits per heavy atom. The molecule has 2 fully saturated rings. The number of nitrogens with zero attached hydrogens (tertiary/aromatic N) is 4. The van der Waals surface area contributed by atoms with Crippen LogP contribution in [0.3, 0.4) is 0 Å². The Labute approximate surface area is 171 Å². The van der Waals surface area contributed by atoms with Crippen LogP contribution in [0, 0.1) is 0 Å². The van der Waals surface area contributed by atoms with Crippen molar-refractivity contribution in [2.45, 2.75) is 25.8 Å². The maximum absolute atomic E-state index is 4.86. The lowest BCUT2D eigenvalue weighted by molar-refractivity contribution is 0.222. The zero-order valence-electron chi connectivity index (χ0n) is 16.7. The number of piperidine rings is 1. The lowest BCUT2D eigenvalue weighted by atomic mass is 10.1. The van der Waals surface area contributed by atoms with Crippen LogP contribution < -0.4 is 4.90 Å². The van der Waals surface area contributed by atoms with Gasteiger partial charge >= 0.3 is 0 Å². The number of imidazole rings is 1. The first-order valence-corrected chi connectivity index (χ1v) is 11.3. The summed E-state index contributed by atoms with van der Waals surface area (Å²) in [4.78, 5) is 18.5. The number of nitrogens with one attached hydrogen (secondary N) is 1. The Morgan fingerprint density at radius 1 is 0.964 bits per heavy atom. The molecule has 148 valence electrons. The highest BCUT2D eigenvalue weighted by atomic mass is 32.1. The molecule has 4 heterocycles. The largest absolute Gasteiger partial charge is 0.369 e. The molecule has 5 nitrogen and oxygen atoms in total. The standard InChI is InChI=1S/C22H29N5S/c1-25-11-13-27(14-12-25)17-5-7-19-20(15-17)24-22(23-19)21-8-6-18(28-21)16-26-9-3-2-4-10-26/h5-8,15H,2-4,9-14,16H2,1H3,(H,23,24). The number of fused-ring (bicyclic) bond motifs is 1. The number of aromatic nitrogens is 2. The number of thiophene rings is 1. The van der Waals surface area contributed by atoms with Gasteiger partial charge in [-0.25, -0.2) is 4.98 Å². The van der Waals surface area contributed by atoms with Crippen LogP contribution in [-0.4, -0.2) is 66.1 Å². The lowest BCUT2D eigenvalue weighted by Gasteiger charge is -2.34. The van der Waals surface area contributed by atoms with Gasteiger partial charge in [-0.2, -0.15) is 0 Å². The normalized spacial score (nSPS) is 19.5. The van der Waals surface area contributed by atoms with Gasteiger partial charge in [0.2, 0.25) is 0 Å². The van der Waals surface area contributed by atoms with Crippen molar-refractivity contribution in [2.24, 2.45) is 0 Å². The van der Waals surface area contributed by atoms with Gasteiger partial charge in [0.05, 0.1) is 15.9 Å². The highest BCUT2D eigenvalue weighted by Crippen LogP contribution is 2.30. The minimum Gasteiger partial charge on any atom is -0.369 e. The fraction of sp³-hybridized carbons (Fsp3) is 0.500. The summed E-state index contributed by atoms with van der Waals surface area (Å²) < 4.78 is 0. The van der Waals surface area contributed by atoms with Crippen molar-refractivity contribution in [2.75, 3.05) is 51.2 Å². The molecule has 6 heteroatoms. The summed E-state index contributed by atoms with van der Waals surface area (Å²) in [6.07, 6.45) is 4.08. The van der Waals surface area contributed by atoms with Gasteiger partial charge in [-0.1, -0.05) is 6.42 Å². The second-order valence-electron chi connectivity index (χ2n) is 8.18. The van der Waals surface area contributed by atoms with E-state index in [0.29, 0.717) is 0 Å². The highest BCUT2D eigenvalue weighted by molar-refractivity contribution is 7.15. The molecule has 0 unspecified atom stereocenters. The number of hydrogen-bond acceptors (Lipinski definition) is 5. The Morgan fingerprint density at radius 3 is 2.61 bits per heavy atom. The molecule has 2 saturated heterocycles. The summed E-state index contributed by atoms with van der Waals surface area (Å²) in [5.41, 5.74) is 3.49. The second-order valence-corrected chi connectivity index (χ2v) is 9.35. The molecule has 0 bridgehead atoms. The Kier molecular flexibility index (Phi) is 5.09. The predicted octanol–water partition coefficient (Wildman–Crippen LogP) is 4.03. The number of H-pyrrole nitrogens is 1. The Hall–Kier alpha value is -1.89. The van der Waals surface area contributed by atoms with Crippen LogP contribution in [0.2, 0.25) is 0 Å². The number of likely N-dealkylation sites (N-methyl/N-ethyl adjacent to an activating group) is 1. The zero-order valence-corrected chi connectivity index (χ0v) is 17.5. The van der Waals surface area contributed by atoms with Gasteiger partial charge in [0.25, 0.3) is 0 Å². The van der Waals surface area contributed by atoms with Crippen molar-refractivity contribution in [1.82, 2.24) is 19.8 Å². The molecule has 0 saturated carbocycles. The molecule has 1 N–H and O–H groups in total. The van der Waals surface area contributed by atoms with Crippen LogP contribution in [-0.2, 0) is 6.54 Å². The van der Waals surface area contributed by atoms with E-state index in [1.165, 1.54) is 47.8 Å². The zero-order chi connectivity index (χ0) is 18.9. The SMILES string of the molecule is CN1CCN(c2ccc3nc(-c4ccc(CN5CCCCC5)s4)[nH]c3c2)CC1. The number of rotatable bonds is 4. The van der Waals surface area contributed by atoms with Gasteiger partial charge in [0, 0.05) is 43.3 Å². The van der Waals surface area contributed by atoms with Gasteiger partial charge < -0.3 is 14.8 Å². The maximum Gasteiger partial charge on any atom is 0.148 e.